The highest BCUT2D eigenvalue weighted by atomic mass is 16.2. The number of carbonyl (C=O) groups excluding carboxylic acids is 2. The first-order valence-corrected chi connectivity index (χ1v) is 11.1. The molecule has 0 radical (unpaired) electrons. The summed E-state index contributed by atoms with van der Waals surface area (Å²) in [6.07, 6.45) is 3.30. The standard InChI is InChI=1S/C25H31N3O2/c1-3-25(30)28(23-10-9-21-11-16-27(19(2)29)24(21)17-23)22-12-14-26(15-13-22)18-20-7-5-4-6-8-20/h4-10,17,22H,3,11-16,18H2,1-2H3. The lowest BCUT2D eigenvalue weighted by molar-refractivity contribution is -0.119. The van der Waals surface area contributed by atoms with Crippen molar-refractivity contribution in [2.24, 2.45) is 0 Å². The Kier molecular flexibility index (Phi) is 6.18. The highest BCUT2D eigenvalue weighted by molar-refractivity contribution is 5.97. The summed E-state index contributed by atoms with van der Waals surface area (Å²) in [5.74, 6) is 0.220. The topological polar surface area (TPSA) is 43.9 Å². The molecule has 5 nitrogen and oxygen atoms in total. The van der Waals surface area contributed by atoms with Crippen LogP contribution in [0.4, 0.5) is 11.4 Å². The average Bonchev–Trinajstić information content (AvgIpc) is 3.19. The predicted octanol–water partition coefficient (Wildman–Crippen LogP) is 4.00. The maximum atomic E-state index is 12.9. The molecule has 4 rings (SSSR count). The van der Waals surface area contributed by atoms with E-state index >= 15 is 0 Å². The van der Waals surface area contributed by atoms with Crippen molar-refractivity contribution in [3.63, 3.8) is 0 Å². The van der Waals surface area contributed by atoms with Crippen LogP contribution in [0.3, 0.4) is 0 Å². The van der Waals surface area contributed by atoms with Crippen molar-refractivity contribution >= 4 is 23.2 Å². The molecule has 0 spiro atoms. The molecule has 0 unspecified atom stereocenters. The molecule has 2 heterocycles. The molecule has 30 heavy (non-hydrogen) atoms. The first-order valence-electron chi connectivity index (χ1n) is 11.1. The monoisotopic (exact) mass is 405 g/mol. The van der Waals surface area contributed by atoms with E-state index in [0.29, 0.717) is 6.42 Å². The zero-order valence-corrected chi connectivity index (χ0v) is 18.0. The number of hydrogen-bond acceptors (Lipinski definition) is 3. The summed E-state index contributed by atoms with van der Waals surface area (Å²) < 4.78 is 0. The molecule has 5 heteroatoms. The molecule has 1 saturated heterocycles. The molecule has 1 fully saturated rings. The van der Waals surface area contributed by atoms with E-state index in [1.807, 2.05) is 28.9 Å². The van der Waals surface area contributed by atoms with Crippen LogP contribution < -0.4 is 9.80 Å². The summed E-state index contributed by atoms with van der Waals surface area (Å²) in [4.78, 5) is 31.2. The van der Waals surface area contributed by atoms with E-state index < -0.39 is 0 Å². The third-order valence-corrected chi connectivity index (χ3v) is 6.37. The number of anilines is 2. The Morgan fingerprint density at radius 1 is 1.03 bits per heavy atom. The van der Waals surface area contributed by atoms with E-state index in [4.69, 9.17) is 0 Å². The van der Waals surface area contributed by atoms with Crippen molar-refractivity contribution < 1.29 is 9.59 Å². The summed E-state index contributed by atoms with van der Waals surface area (Å²) in [5.41, 5.74) is 4.42. The molecule has 2 aromatic rings. The van der Waals surface area contributed by atoms with Gasteiger partial charge in [0.25, 0.3) is 0 Å². The van der Waals surface area contributed by atoms with Crippen LogP contribution in [0.5, 0.6) is 0 Å². The van der Waals surface area contributed by atoms with Crippen LogP contribution in [0.25, 0.3) is 0 Å². The molecular weight excluding hydrogens is 374 g/mol. The minimum atomic E-state index is 0.0634. The number of fused-ring (bicyclic) bond motifs is 1. The third-order valence-electron chi connectivity index (χ3n) is 6.37. The summed E-state index contributed by atoms with van der Waals surface area (Å²) in [6, 6.07) is 17.0. The van der Waals surface area contributed by atoms with Gasteiger partial charge < -0.3 is 9.80 Å². The van der Waals surface area contributed by atoms with Crippen LogP contribution in [0, 0.1) is 0 Å². The van der Waals surface area contributed by atoms with E-state index in [9.17, 15) is 9.59 Å². The van der Waals surface area contributed by atoms with Crippen molar-refractivity contribution in [3.8, 4) is 0 Å². The summed E-state index contributed by atoms with van der Waals surface area (Å²) >= 11 is 0. The van der Waals surface area contributed by atoms with Crippen molar-refractivity contribution in [1.82, 2.24) is 4.90 Å². The van der Waals surface area contributed by atoms with E-state index in [0.717, 1.165) is 56.8 Å². The molecular formula is C25H31N3O2. The number of amides is 2. The molecule has 0 N–H and O–H groups in total. The molecule has 0 aliphatic carbocycles. The Hall–Kier alpha value is -2.66. The number of hydrogen-bond donors (Lipinski definition) is 0. The second-order valence-corrected chi connectivity index (χ2v) is 8.34. The number of benzene rings is 2. The van der Waals surface area contributed by atoms with E-state index in [1.165, 1.54) is 11.1 Å². The van der Waals surface area contributed by atoms with Gasteiger partial charge in [-0.1, -0.05) is 43.3 Å². The van der Waals surface area contributed by atoms with Gasteiger partial charge in [-0.15, -0.1) is 0 Å². The van der Waals surface area contributed by atoms with Crippen molar-refractivity contribution in [3.05, 3.63) is 59.7 Å². The molecule has 0 bridgehead atoms. The first kappa shape index (κ1) is 20.6. The lowest BCUT2D eigenvalue weighted by atomic mass is 10.0. The maximum absolute atomic E-state index is 12.9. The van der Waals surface area contributed by atoms with Gasteiger partial charge in [-0.2, -0.15) is 0 Å². The van der Waals surface area contributed by atoms with E-state index in [-0.39, 0.29) is 17.9 Å². The largest absolute Gasteiger partial charge is 0.312 e. The minimum Gasteiger partial charge on any atom is -0.312 e. The zero-order valence-electron chi connectivity index (χ0n) is 18.0. The van der Waals surface area contributed by atoms with Crippen molar-refractivity contribution in [2.45, 2.75) is 52.1 Å². The number of rotatable bonds is 5. The SMILES string of the molecule is CCC(=O)N(c1ccc2c(c1)N(C(C)=O)CC2)C1CCN(Cc2ccccc2)CC1. The molecule has 2 aliphatic heterocycles. The Morgan fingerprint density at radius 3 is 2.43 bits per heavy atom. The molecule has 2 aromatic carbocycles. The number of carbonyl (C=O) groups is 2. The zero-order chi connectivity index (χ0) is 21.1. The second-order valence-electron chi connectivity index (χ2n) is 8.34. The third kappa shape index (κ3) is 4.26. The lowest BCUT2D eigenvalue weighted by Gasteiger charge is -2.39. The Balaban J connectivity index is 1.50. The fraction of sp³-hybridized carbons (Fsp3) is 0.440. The summed E-state index contributed by atoms with van der Waals surface area (Å²) in [6.45, 7) is 7.19. The van der Waals surface area contributed by atoms with Crippen molar-refractivity contribution in [1.29, 1.82) is 0 Å². The molecule has 2 aliphatic rings. The summed E-state index contributed by atoms with van der Waals surface area (Å²) in [7, 11) is 0. The Labute approximate surface area is 179 Å². The molecule has 2 amide bonds. The van der Waals surface area contributed by atoms with Crippen LogP contribution in [0.2, 0.25) is 0 Å². The fourth-order valence-corrected chi connectivity index (χ4v) is 4.75. The van der Waals surface area contributed by atoms with Crippen LogP contribution in [0.1, 0.15) is 44.2 Å². The van der Waals surface area contributed by atoms with Crippen LogP contribution in [-0.2, 0) is 22.6 Å². The number of piperidine rings is 1. The van der Waals surface area contributed by atoms with Gasteiger partial charge in [0.1, 0.15) is 0 Å². The lowest BCUT2D eigenvalue weighted by Crippen LogP contribution is -2.47. The van der Waals surface area contributed by atoms with Crippen LogP contribution in [0.15, 0.2) is 48.5 Å². The van der Waals surface area contributed by atoms with E-state index in [2.05, 4.69) is 41.3 Å². The highest BCUT2D eigenvalue weighted by Gasteiger charge is 2.30. The van der Waals surface area contributed by atoms with Crippen LogP contribution in [-0.4, -0.2) is 42.4 Å². The smallest absolute Gasteiger partial charge is 0.226 e. The van der Waals surface area contributed by atoms with Gasteiger partial charge >= 0.3 is 0 Å². The summed E-state index contributed by atoms with van der Waals surface area (Å²) in [5, 5.41) is 0. The molecule has 0 atom stereocenters. The molecule has 0 aromatic heterocycles. The maximum Gasteiger partial charge on any atom is 0.226 e. The predicted molar refractivity (Wildman–Crippen MR) is 121 cm³/mol. The van der Waals surface area contributed by atoms with Gasteiger partial charge in [-0.25, -0.2) is 0 Å². The van der Waals surface area contributed by atoms with Gasteiger partial charge in [0, 0.05) is 56.9 Å². The first-order chi connectivity index (χ1) is 14.6. The van der Waals surface area contributed by atoms with Gasteiger partial charge in [-0.3, -0.25) is 14.5 Å². The van der Waals surface area contributed by atoms with Gasteiger partial charge in [0.15, 0.2) is 0 Å². The van der Waals surface area contributed by atoms with Gasteiger partial charge in [0.2, 0.25) is 11.8 Å². The fourth-order valence-electron chi connectivity index (χ4n) is 4.75. The highest BCUT2D eigenvalue weighted by Crippen LogP contribution is 2.34. The van der Waals surface area contributed by atoms with Gasteiger partial charge in [-0.05, 0) is 42.5 Å². The van der Waals surface area contributed by atoms with Crippen LogP contribution >= 0.6 is 0 Å². The molecule has 0 saturated carbocycles. The quantitative estimate of drug-likeness (QED) is 0.755. The van der Waals surface area contributed by atoms with Crippen molar-refractivity contribution in [2.75, 3.05) is 29.4 Å². The second kappa shape index (κ2) is 9.00. The van der Waals surface area contributed by atoms with Gasteiger partial charge in [0.05, 0.1) is 0 Å². The minimum absolute atomic E-state index is 0.0634. The molecule has 158 valence electrons. The Morgan fingerprint density at radius 2 is 1.77 bits per heavy atom. The van der Waals surface area contributed by atoms with E-state index in [1.54, 1.807) is 6.92 Å². The average molecular weight is 406 g/mol. The Bertz CT molecular complexity index is 904. The number of likely N-dealkylation sites (tertiary alicyclic amines) is 1. The number of nitrogens with zero attached hydrogens (tertiary/aromatic N) is 3. The normalized spacial score (nSPS) is 17.1.